The second kappa shape index (κ2) is 4.30. The van der Waals surface area contributed by atoms with Crippen molar-refractivity contribution in [3.8, 4) is 0 Å². The summed E-state index contributed by atoms with van der Waals surface area (Å²) < 4.78 is 0. The molecule has 0 bridgehead atoms. The Labute approximate surface area is 107 Å². The first-order valence-electron chi connectivity index (χ1n) is 6.22. The Hall–Kier alpha value is -2.09. The second-order valence-corrected chi connectivity index (χ2v) is 4.75. The van der Waals surface area contributed by atoms with Gasteiger partial charge in [0.25, 0.3) is 0 Å². The zero-order valence-electron chi connectivity index (χ0n) is 10.3. The van der Waals surface area contributed by atoms with Gasteiger partial charge >= 0.3 is 0 Å². The molecule has 0 fully saturated rings. The Balaban J connectivity index is 2.00. The topological polar surface area (TPSA) is 29.1 Å². The van der Waals surface area contributed by atoms with Crippen molar-refractivity contribution in [2.45, 2.75) is 18.8 Å². The lowest BCUT2D eigenvalue weighted by Gasteiger charge is -2.18. The van der Waals surface area contributed by atoms with Gasteiger partial charge in [0.05, 0.1) is 5.92 Å². The van der Waals surface area contributed by atoms with Gasteiger partial charge in [-0.05, 0) is 23.1 Å². The number of amides is 1. The van der Waals surface area contributed by atoms with E-state index in [0.717, 1.165) is 11.3 Å². The molecule has 1 amide bonds. The van der Waals surface area contributed by atoms with E-state index in [-0.39, 0.29) is 17.7 Å². The molecule has 1 aliphatic heterocycles. The maximum atomic E-state index is 12.1. The Morgan fingerprint density at radius 1 is 1.00 bits per heavy atom. The first kappa shape index (κ1) is 11.0. The number of para-hydroxylation sites is 1. The summed E-state index contributed by atoms with van der Waals surface area (Å²) in [5.74, 6) is 0.214. The van der Waals surface area contributed by atoms with E-state index in [1.807, 2.05) is 42.5 Å². The molecule has 18 heavy (non-hydrogen) atoms. The minimum atomic E-state index is -0.0800. The highest BCUT2D eigenvalue weighted by atomic mass is 16.2. The third-order valence-electron chi connectivity index (χ3n) is 3.66. The van der Waals surface area contributed by atoms with Crippen LogP contribution in [0.1, 0.15) is 29.9 Å². The van der Waals surface area contributed by atoms with Crippen molar-refractivity contribution in [3.05, 3.63) is 65.7 Å². The number of anilines is 1. The summed E-state index contributed by atoms with van der Waals surface area (Å²) in [6.07, 6.45) is 0. The molecule has 0 spiro atoms. The Morgan fingerprint density at radius 2 is 1.67 bits per heavy atom. The van der Waals surface area contributed by atoms with Crippen molar-refractivity contribution >= 4 is 11.6 Å². The lowest BCUT2D eigenvalue weighted by Crippen LogP contribution is -2.17. The Bertz CT molecular complexity index is 577. The molecular weight excluding hydrogens is 222 g/mol. The summed E-state index contributed by atoms with van der Waals surface area (Å²) in [5, 5.41) is 2.96. The van der Waals surface area contributed by atoms with Crippen LogP contribution in [0.2, 0.25) is 0 Å². The zero-order chi connectivity index (χ0) is 12.5. The van der Waals surface area contributed by atoms with Crippen molar-refractivity contribution in [2.24, 2.45) is 0 Å². The largest absolute Gasteiger partial charge is 0.325 e. The molecule has 2 nitrogen and oxygen atoms in total. The van der Waals surface area contributed by atoms with Crippen LogP contribution in [-0.4, -0.2) is 5.91 Å². The van der Waals surface area contributed by atoms with Crippen molar-refractivity contribution in [2.75, 3.05) is 5.32 Å². The van der Waals surface area contributed by atoms with E-state index in [2.05, 4.69) is 24.4 Å². The molecular formula is C16H15NO. The third kappa shape index (κ3) is 1.70. The summed E-state index contributed by atoms with van der Waals surface area (Å²) in [4.78, 5) is 12.1. The third-order valence-corrected chi connectivity index (χ3v) is 3.66. The average Bonchev–Trinajstić information content (AvgIpc) is 2.75. The van der Waals surface area contributed by atoms with Crippen LogP contribution in [0.5, 0.6) is 0 Å². The van der Waals surface area contributed by atoms with Crippen LogP contribution in [0.3, 0.4) is 0 Å². The van der Waals surface area contributed by atoms with Crippen LogP contribution in [0, 0.1) is 0 Å². The maximum Gasteiger partial charge on any atom is 0.232 e. The van der Waals surface area contributed by atoms with Gasteiger partial charge in [-0.3, -0.25) is 4.79 Å². The fourth-order valence-corrected chi connectivity index (χ4v) is 2.68. The van der Waals surface area contributed by atoms with Gasteiger partial charge in [0.15, 0.2) is 0 Å². The molecule has 0 saturated heterocycles. The number of carbonyl (C=O) groups is 1. The second-order valence-electron chi connectivity index (χ2n) is 4.75. The predicted octanol–water partition coefficient (Wildman–Crippen LogP) is 3.53. The standard InChI is InChI=1S/C16H15NO/c1-11(12-7-3-2-4-8-12)15-13-9-5-6-10-14(13)17-16(15)18/h2-11,15H,1H3,(H,17,18). The first-order chi connectivity index (χ1) is 8.77. The highest BCUT2D eigenvalue weighted by Crippen LogP contribution is 2.41. The lowest BCUT2D eigenvalue weighted by atomic mass is 9.83. The van der Waals surface area contributed by atoms with Gasteiger partial charge in [-0.1, -0.05) is 55.5 Å². The molecule has 3 rings (SSSR count). The van der Waals surface area contributed by atoms with E-state index in [4.69, 9.17) is 0 Å². The molecule has 90 valence electrons. The monoisotopic (exact) mass is 237 g/mol. The molecule has 2 aromatic rings. The van der Waals surface area contributed by atoms with E-state index < -0.39 is 0 Å². The molecule has 0 saturated carbocycles. The molecule has 1 heterocycles. The predicted molar refractivity (Wildman–Crippen MR) is 72.7 cm³/mol. The van der Waals surface area contributed by atoms with Gasteiger partial charge in [0.2, 0.25) is 5.91 Å². The minimum absolute atomic E-state index is 0.0800. The molecule has 1 N–H and O–H groups in total. The SMILES string of the molecule is CC(c1ccccc1)C1C(=O)Nc2ccccc21. The van der Waals surface area contributed by atoms with Crippen LogP contribution in [0.25, 0.3) is 0 Å². The van der Waals surface area contributed by atoms with Crippen LogP contribution in [0.15, 0.2) is 54.6 Å². The molecule has 2 aromatic carbocycles. The van der Waals surface area contributed by atoms with Crippen molar-refractivity contribution in [1.29, 1.82) is 0 Å². The Morgan fingerprint density at radius 3 is 2.44 bits per heavy atom. The van der Waals surface area contributed by atoms with Crippen molar-refractivity contribution in [1.82, 2.24) is 0 Å². The van der Waals surface area contributed by atoms with E-state index in [0.29, 0.717) is 0 Å². The van der Waals surface area contributed by atoms with E-state index in [1.54, 1.807) is 0 Å². The molecule has 1 aliphatic rings. The fraction of sp³-hybridized carbons (Fsp3) is 0.188. The fourth-order valence-electron chi connectivity index (χ4n) is 2.68. The summed E-state index contributed by atoms with van der Waals surface area (Å²) in [6.45, 7) is 2.11. The van der Waals surface area contributed by atoms with Gasteiger partial charge in [0.1, 0.15) is 0 Å². The minimum Gasteiger partial charge on any atom is -0.325 e. The summed E-state index contributed by atoms with van der Waals surface area (Å²) in [7, 11) is 0. The number of rotatable bonds is 2. The van der Waals surface area contributed by atoms with Crippen molar-refractivity contribution < 1.29 is 4.79 Å². The van der Waals surface area contributed by atoms with Crippen LogP contribution >= 0.6 is 0 Å². The molecule has 2 heteroatoms. The number of hydrogen-bond acceptors (Lipinski definition) is 1. The molecule has 0 radical (unpaired) electrons. The van der Waals surface area contributed by atoms with Gasteiger partial charge in [0, 0.05) is 5.69 Å². The first-order valence-corrected chi connectivity index (χ1v) is 6.22. The van der Waals surface area contributed by atoms with E-state index in [9.17, 15) is 4.79 Å². The van der Waals surface area contributed by atoms with Crippen LogP contribution in [-0.2, 0) is 4.79 Å². The summed E-state index contributed by atoms with van der Waals surface area (Å²) in [5.41, 5.74) is 3.27. The summed E-state index contributed by atoms with van der Waals surface area (Å²) >= 11 is 0. The quantitative estimate of drug-likeness (QED) is 0.850. The smallest absolute Gasteiger partial charge is 0.232 e. The number of nitrogens with one attached hydrogen (secondary N) is 1. The normalized spacial score (nSPS) is 19.2. The molecule has 0 aliphatic carbocycles. The van der Waals surface area contributed by atoms with Gasteiger partial charge in [-0.25, -0.2) is 0 Å². The number of fused-ring (bicyclic) bond motifs is 1. The average molecular weight is 237 g/mol. The number of carbonyl (C=O) groups excluding carboxylic acids is 1. The maximum absolute atomic E-state index is 12.1. The van der Waals surface area contributed by atoms with Gasteiger partial charge in [-0.2, -0.15) is 0 Å². The summed E-state index contributed by atoms with van der Waals surface area (Å²) in [6, 6.07) is 18.1. The molecule has 2 unspecified atom stereocenters. The van der Waals surface area contributed by atoms with Crippen LogP contribution < -0.4 is 5.32 Å². The number of hydrogen-bond donors (Lipinski definition) is 1. The van der Waals surface area contributed by atoms with Gasteiger partial charge in [-0.15, -0.1) is 0 Å². The highest BCUT2D eigenvalue weighted by molar-refractivity contribution is 6.03. The number of benzene rings is 2. The van der Waals surface area contributed by atoms with Crippen LogP contribution in [0.4, 0.5) is 5.69 Å². The lowest BCUT2D eigenvalue weighted by molar-refractivity contribution is -0.117. The van der Waals surface area contributed by atoms with E-state index in [1.165, 1.54) is 5.56 Å². The molecule has 0 aromatic heterocycles. The highest BCUT2D eigenvalue weighted by Gasteiger charge is 2.34. The van der Waals surface area contributed by atoms with Crippen molar-refractivity contribution in [3.63, 3.8) is 0 Å². The van der Waals surface area contributed by atoms with E-state index >= 15 is 0 Å². The van der Waals surface area contributed by atoms with Gasteiger partial charge < -0.3 is 5.32 Å². The Kier molecular flexibility index (Phi) is 2.63. The molecule has 2 atom stereocenters. The zero-order valence-corrected chi connectivity index (χ0v) is 10.3.